The molecule has 3 rings (SSSR count). The summed E-state index contributed by atoms with van der Waals surface area (Å²) in [6.07, 6.45) is 1.55. The Morgan fingerprint density at radius 2 is 2.04 bits per heavy atom. The molecule has 0 radical (unpaired) electrons. The lowest BCUT2D eigenvalue weighted by atomic mass is 10.0. The third kappa shape index (κ3) is 4.14. The summed E-state index contributed by atoms with van der Waals surface area (Å²) in [6.45, 7) is 6.07. The second kappa shape index (κ2) is 7.45. The minimum absolute atomic E-state index is 0.0652. The lowest BCUT2D eigenvalue weighted by Crippen LogP contribution is -2.23. The van der Waals surface area contributed by atoms with Crippen LogP contribution < -0.4 is 5.32 Å². The van der Waals surface area contributed by atoms with Gasteiger partial charge >= 0.3 is 0 Å². The molecular formula is C18H19ClN4OS. The number of hydrogen-bond acceptors (Lipinski definition) is 4. The number of para-hydroxylation sites is 1. The smallest absolute Gasteiger partial charge is 0.237 e. The topological polar surface area (TPSA) is 70.7 Å². The molecule has 0 fully saturated rings. The summed E-state index contributed by atoms with van der Waals surface area (Å²) in [7, 11) is 0. The molecule has 7 heteroatoms. The normalized spacial score (nSPS) is 12.5. The van der Waals surface area contributed by atoms with Crippen molar-refractivity contribution < 1.29 is 4.79 Å². The first-order chi connectivity index (χ1) is 11.9. The zero-order chi connectivity index (χ0) is 18.0. The van der Waals surface area contributed by atoms with Crippen LogP contribution in [0.15, 0.2) is 41.7 Å². The van der Waals surface area contributed by atoms with E-state index in [1.807, 2.05) is 31.2 Å². The molecule has 25 heavy (non-hydrogen) atoms. The molecule has 0 saturated carbocycles. The summed E-state index contributed by atoms with van der Waals surface area (Å²) in [5.74, 6) is 0.273. The Bertz CT molecular complexity index is 909. The van der Waals surface area contributed by atoms with Crippen molar-refractivity contribution in [3.63, 3.8) is 0 Å². The molecule has 130 valence electrons. The van der Waals surface area contributed by atoms with Gasteiger partial charge in [0.15, 0.2) is 10.8 Å². The zero-order valence-corrected chi connectivity index (χ0v) is 15.8. The number of nitrogens with zero attached hydrogens (tertiary/aromatic N) is 2. The molecule has 2 aromatic heterocycles. The van der Waals surface area contributed by atoms with Crippen LogP contribution in [0.1, 0.15) is 32.3 Å². The molecule has 0 bridgehead atoms. The maximum Gasteiger partial charge on any atom is 0.237 e. The number of anilines is 1. The number of thioether (sulfide) groups is 1. The van der Waals surface area contributed by atoms with Gasteiger partial charge in [0.25, 0.3) is 0 Å². The molecule has 2 N–H and O–H groups in total. The summed E-state index contributed by atoms with van der Waals surface area (Å²) in [4.78, 5) is 24.2. The summed E-state index contributed by atoms with van der Waals surface area (Å²) in [5.41, 5.74) is 3.32. The number of benzene rings is 1. The number of carbonyl (C=O) groups excluding carboxylic acids is 1. The first kappa shape index (κ1) is 17.8. The highest BCUT2D eigenvalue weighted by molar-refractivity contribution is 8.00. The quantitative estimate of drug-likeness (QED) is 0.626. The van der Waals surface area contributed by atoms with Crippen molar-refractivity contribution >= 4 is 46.1 Å². The predicted octanol–water partition coefficient (Wildman–Crippen LogP) is 4.85. The molecule has 3 aromatic rings. The number of amides is 1. The van der Waals surface area contributed by atoms with Crippen molar-refractivity contribution in [1.82, 2.24) is 15.0 Å². The monoisotopic (exact) mass is 374 g/mol. The van der Waals surface area contributed by atoms with E-state index in [2.05, 4.69) is 34.1 Å². The standard InChI is InChI=1S/C18H19ClN4OS/c1-10(2)13-6-4-5-7-14(13)21-17(24)11(3)25-18-22-15-8-12(19)9-20-16(15)23-18/h4-11H,1-3H3,(H,21,24)(H,20,22,23)/t11-/m0/s1. The number of pyridine rings is 1. The lowest BCUT2D eigenvalue weighted by molar-refractivity contribution is -0.115. The maximum absolute atomic E-state index is 12.6. The second-order valence-corrected chi connectivity index (χ2v) is 7.82. The van der Waals surface area contributed by atoms with Gasteiger partial charge in [-0.1, -0.05) is 55.4 Å². The van der Waals surface area contributed by atoms with Gasteiger partial charge in [-0.2, -0.15) is 0 Å². The van der Waals surface area contributed by atoms with Gasteiger partial charge < -0.3 is 10.3 Å². The van der Waals surface area contributed by atoms with Crippen LogP contribution in [-0.4, -0.2) is 26.1 Å². The fraction of sp³-hybridized carbons (Fsp3) is 0.278. The predicted molar refractivity (Wildman–Crippen MR) is 103 cm³/mol. The Morgan fingerprint density at radius 1 is 1.28 bits per heavy atom. The highest BCUT2D eigenvalue weighted by Gasteiger charge is 2.18. The number of hydrogen-bond donors (Lipinski definition) is 2. The van der Waals surface area contributed by atoms with E-state index in [1.165, 1.54) is 11.8 Å². The first-order valence-corrected chi connectivity index (χ1v) is 9.27. The molecule has 0 aliphatic rings. The van der Waals surface area contributed by atoms with E-state index in [1.54, 1.807) is 12.3 Å². The number of aromatic nitrogens is 3. The largest absolute Gasteiger partial charge is 0.331 e. The third-order valence-electron chi connectivity index (χ3n) is 3.78. The van der Waals surface area contributed by atoms with Crippen LogP contribution in [0.5, 0.6) is 0 Å². The Kier molecular flexibility index (Phi) is 5.30. The molecule has 1 aromatic carbocycles. The number of halogens is 1. The van der Waals surface area contributed by atoms with Crippen LogP contribution in [0.4, 0.5) is 5.69 Å². The van der Waals surface area contributed by atoms with E-state index in [-0.39, 0.29) is 11.2 Å². The van der Waals surface area contributed by atoms with Crippen molar-refractivity contribution in [2.75, 3.05) is 5.32 Å². The van der Waals surface area contributed by atoms with Gasteiger partial charge in [0, 0.05) is 11.9 Å². The highest BCUT2D eigenvalue weighted by atomic mass is 35.5. The minimum atomic E-state index is -0.309. The van der Waals surface area contributed by atoms with Crippen LogP contribution in [0.3, 0.4) is 0 Å². The fourth-order valence-corrected chi connectivity index (χ4v) is 3.44. The molecule has 2 heterocycles. The van der Waals surface area contributed by atoms with Crippen LogP contribution in [0, 0.1) is 0 Å². The number of nitrogens with one attached hydrogen (secondary N) is 2. The van der Waals surface area contributed by atoms with Crippen molar-refractivity contribution in [2.24, 2.45) is 0 Å². The summed E-state index contributed by atoms with van der Waals surface area (Å²) in [6, 6.07) is 9.64. The number of imidazole rings is 1. The molecule has 1 atom stereocenters. The summed E-state index contributed by atoms with van der Waals surface area (Å²) in [5, 5.41) is 3.90. The van der Waals surface area contributed by atoms with E-state index in [9.17, 15) is 4.79 Å². The van der Waals surface area contributed by atoms with Crippen molar-refractivity contribution in [1.29, 1.82) is 0 Å². The number of carbonyl (C=O) groups is 1. The molecular weight excluding hydrogens is 356 g/mol. The third-order valence-corrected chi connectivity index (χ3v) is 4.97. The van der Waals surface area contributed by atoms with E-state index in [0.717, 1.165) is 16.8 Å². The van der Waals surface area contributed by atoms with E-state index in [0.29, 0.717) is 21.7 Å². The van der Waals surface area contributed by atoms with Crippen LogP contribution in [-0.2, 0) is 4.79 Å². The summed E-state index contributed by atoms with van der Waals surface area (Å²) < 4.78 is 0. The maximum atomic E-state index is 12.6. The molecule has 1 amide bonds. The van der Waals surface area contributed by atoms with Crippen LogP contribution >= 0.6 is 23.4 Å². The van der Waals surface area contributed by atoms with Gasteiger partial charge in [-0.3, -0.25) is 4.79 Å². The fourth-order valence-electron chi connectivity index (χ4n) is 2.48. The zero-order valence-electron chi connectivity index (χ0n) is 14.2. The molecule has 5 nitrogen and oxygen atoms in total. The Morgan fingerprint density at radius 3 is 2.80 bits per heavy atom. The van der Waals surface area contributed by atoms with Crippen LogP contribution in [0.2, 0.25) is 5.02 Å². The van der Waals surface area contributed by atoms with E-state index < -0.39 is 0 Å². The average molecular weight is 375 g/mol. The van der Waals surface area contributed by atoms with Gasteiger partial charge in [-0.05, 0) is 30.5 Å². The molecule has 0 saturated heterocycles. The highest BCUT2D eigenvalue weighted by Crippen LogP contribution is 2.27. The first-order valence-electron chi connectivity index (χ1n) is 8.01. The Hall–Kier alpha value is -2.05. The Balaban J connectivity index is 1.72. The number of rotatable bonds is 5. The number of H-pyrrole nitrogens is 1. The van der Waals surface area contributed by atoms with Gasteiger partial charge in [-0.25, -0.2) is 9.97 Å². The molecule has 0 spiro atoms. The van der Waals surface area contributed by atoms with Crippen LogP contribution in [0.25, 0.3) is 11.2 Å². The minimum Gasteiger partial charge on any atom is -0.331 e. The molecule has 0 unspecified atom stereocenters. The van der Waals surface area contributed by atoms with Crippen molar-refractivity contribution in [3.8, 4) is 0 Å². The Labute approximate surface area is 155 Å². The van der Waals surface area contributed by atoms with E-state index in [4.69, 9.17) is 11.6 Å². The van der Waals surface area contributed by atoms with Gasteiger partial charge in [-0.15, -0.1) is 0 Å². The number of aromatic amines is 1. The summed E-state index contributed by atoms with van der Waals surface area (Å²) >= 11 is 7.29. The average Bonchev–Trinajstić information content (AvgIpc) is 2.96. The number of fused-ring (bicyclic) bond motifs is 1. The van der Waals surface area contributed by atoms with Gasteiger partial charge in [0.2, 0.25) is 5.91 Å². The van der Waals surface area contributed by atoms with Gasteiger partial charge in [0.05, 0.1) is 15.8 Å². The molecule has 0 aliphatic heterocycles. The SMILES string of the molecule is CC(C)c1ccccc1NC(=O)[C@H](C)Sc1nc2ncc(Cl)cc2[nH]1. The van der Waals surface area contributed by atoms with Crippen molar-refractivity contribution in [3.05, 3.63) is 47.1 Å². The van der Waals surface area contributed by atoms with Gasteiger partial charge in [0.1, 0.15) is 0 Å². The van der Waals surface area contributed by atoms with Crippen molar-refractivity contribution in [2.45, 2.75) is 37.1 Å². The lowest BCUT2D eigenvalue weighted by Gasteiger charge is -2.15. The van der Waals surface area contributed by atoms with E-state index >= 15 is 0 Å². The molecule has 0 aliphatic carbocycles. The second-order valence-electron chi connectivity index (χ2n) is 6.06.